The first-order chi connectivity index (χ1) is 15.4. The van der Waals surface area contributed by atoms with Crippen molar-refractivity contribution < 1.29 is 9.53 Å². The number of hydrogen-bond acceptors (Lipinski definition) is 3. The smallest absolute Gasteiger partial charge is 0.337 e. The molecule has 0 amide bonds. The third kappa shape index (κ3) is 4.85. The molecule has 0 bridgehead atoms. The zero-order valence-corrected chi connectivity index (χ0v) is 20.0. The van der Waals surface area contributed by atoms with Gasteiger partial charge in [-0.05, 0) is 73.2 Å². The Balaban J connectivity index is 1.66. The van der Waals surface area contributed by atoms with Gasteiger partial charge in [0.15, 0.2) is 0 Å². The van der Waals surface area contributed by atoms with Crippen LogP contribution in [-0.2, 0) is 4.74 Å². The fourth-order valence-corrected chi connectivity index (χ4v) is 5.21. The minimum absolute atomic E-state index is 0.174. The molecule has 5 heteroatoms. The van der Waals surface area contributed by atoms with Crippen molar-refractivity contribution in [3.63, 3.8) is 0 Å². The first-order valence-electron chi connectivity index (χ1n) is 10.8. The molecule has 1 unspecified atom stereocenters. The molecule has 166 valence electrons. The van der Waals surface area contributed by atoms with Gasteiger partial charge < -0.3 is 4.74 Å². The molecule has 3 nitrogen and oxygen atoms in total. The number of halogens is 2. The number of esters is 1. The van der Waals surface area contributed by atoms with Crippen LogP contribution in [0.25, 0.3) is 0 Å². The Labute approximate surface area is 199 Å². The minimum Gasteiger partial charge on any atom is -0.465 e. The molecular weight excluding hydrogens is 441 g/mol. The maximum atomic E-state index is 11.8. The van der Waals surface area contributed by atoms with Crippen molar-refractivity contribution in [3.05, 3.63) is 105 Å². The minimum atomic E-state index is -0.319. The fourth-order valence-electron chi connectivity index (χ4n) is 4.66. The van der Waals surface area contributed by atoms with Gasteiger partial charge in [0, 0.05) is 28.7 Å². The van der Waals surface area contributed by atoms with E-state index in [1.165, 1.54) is 29.4 Å². The highest BCUT2D eigenvalue weighted by Gasteiger charge is 2.37. The highest BCUT2D eigenvalue weighted by Crippen LogP contribution is 2.45. The third-order valence-corrected chi connectivity index (χ3v) is 6.91. The molecular formula is C27H27Cl2NO2. The van der Waals surface area contributed by atoms with Crippen LogP contribution in [0.3, 0.4) is 0 Å². The molecule has 0 spiro atoms. The number of aryl methyl sites for hydroxylation is 1. The molecule has 4 rings (SSSR count). The van der Waals surface area contributed by atoms with Gasteiger partial charge in [-0.2, -0.15) is 0 Å². The van der Waals surface area contributed by atoms with Gasteiger partial charge in [-0.15, -0.1) is 0 Å². The number of carbonyl (C=O) groups is 1. The van der Waals surface area contributed by atoms with Gasteiger partial charge >= 0.3 is 5.97 Å². The lowest BCUT2D eigenvalue weighted by atomic mass is 9.93. The number of benzene rings is 3. The summed E-state index contributed by atoms with van der Waals surface area (Å²) in [5, 5.41) is 1.34. The van der Waals surface area contributed by atoms with Crippen LogP contribution >= 0.6 is 23.2 Å². The fraction of sp³-hybridized carbons (Fsp3) is 0.296. The molecule has 3 aromatic rings. The molecule has 0 saturated carbocycles. The van der Waals surface area contributed by atoms with Crippen LogP contribution in [-0.4, -0.2) is 24.5 Å². The van der Waals surface area contributed by atoms with Crippen LogP contribution in [0.1, 0.15) is 64.0 Å². The topological polar surface area (TPSA) is 29.5 Å². The number of likely N-dealkylation sites (tertiary alicyclic amines) is 1. The van der Waals surface area contributed by atoms with E-state index in [0.29, 0.717) is 21.5 Å². The van der Waals surface area contributed by atoms with Gasteiger partial charge in [-0.1, -0.05) is 65.2 Å². The lowest BCUT2D eigenvalue weighted by Gasteiger charge is -2.31. The summed E-state index contributed by atoms with van der Waals surface area (Å²) in [6.45, 7) is 5.23. The molecule has 1 fully saturated rings. The summed E-state index contributed by atoms with van der Waals surface area (Å²) in [6, 6.07) is 22.8. The second-order valence-electron chi connectivity index (χ2n) is 8.55. The summed E-state index contributed by atoms with van der Waals surface area (Å²) < 4.78 is 4.83. The Morgan fingerprint density at radius 3 is 2.19 bits per heavy atom. The summed E-state index contributed by atoms with van der Waals surface area (Å²) in [7, 11) is 1.40. The number of carbonyl (C=O) groups excluding carboxylic acids is 1. The summed E-state index contributed by atoms with van der Waals surface area (Å²) in [5.41, 5.74) is 5.47. The second-order valence-corrected chi connectivity index (χ2v) is 9.42. The number of ether oxygens (including phenoxy) is 1. The van der Waals surface area contributed by atoms with Crippen molar-refractivity contribution in [2.24, 2.45) is 0 Å². The molecule has 0 aliphatic carbocycles. The van der Waals surface area contributed by atoms with Crippen molar-refractivity contribution in [2.75, 3.05) is 13.7 Å². The van der Waals surface area contributed by atoms with Gasteiger partial charge in [0.05, 0.1) is 12.7 Å². The largest absolute Gasteiger partial charge is 0.465 e. The average molecular weight is 468 g/mol. The molecule has 1 heterocycles. The van der Waals surface area contributed by atoms with Crippen LogP contribution in [0.5, 0.6) is 0 Å². The van der Waals surface area contributed by atoms with Crippen LogP contribution in [0, 0.1) is 6.92 Å². The van der Waals surface area contributed by atoms with Crippen molar-refractivity contribution in [1.82, 2.24) is 4.90 Å². The van der Waals surface area contributed by atoms with Gasteiger partial charge in [0.2, 0.25) is 0 Å². The maximum absolute atomic E-state index is 11.8. The average Bonchev–Trinajstić information content (AvgIpc) is 3.23. The van der Waals surface area contributed by atoms with Crippen LogP contribution < -0.4 is 0 Å². The van der Waals surface area contributed by atoms with E-state index in [2.05, 4.69) is 43.0 Å². The number of nitrogens with zero attached hydrogens (tertiary/aromatic N) is 1. The molecule has 1 aliphatic heterocycles. The summed E-state index contributed by atoms with van der Waals surface area (Å²) in [6.07, 6.45) is 0.990. The Kier molecular flexibility index (Phi) is 6.90. The van der Waals surface area contributed by atoms with E-state index in [-0.39, 0.29) is 18.1 Å². The normalized spacial score (nSPS) is 19.7. The van der Waals surface area contributed by atoms with E-state index in [4.69, 9.17) is 27.9 Å². The summed E-state index contributed by atoms with van der Waals surface area (Å²) >= 11 is 12.6. The van der Waals surface area contributed by atoms with E-state index in [1.54, 1.807) is 6.07 Å². The summed E-state index contributed by atoms with van der Waals surface area (Å²) in [4.78, 5) is 14.4. The number of rotatable bonds is 5. The lowest BCUT2D eigenvalue weighted by molar-refractivity contribution is 0.0600. The van der Waals surface area contributed by atoms with Crippen LogP contribution in [0.2, 0.25) is 10.0 Å². The zero-order valence-electron chi connectivity index (χ0n) is 18.5. The van der Waals surface area contributed by atoms with Crippen molar-refractivity contribution in [2.45, 2.75) is 38.3 Å². The number of hydrogen-bond donors (Lipinski definition) is 0. The van der Waals surface area contributed by atoms with Crippen LogP contribution in [0.15, 0.2) is 66.7 Å². The van der Waals surface area contributed by atoms with Gasteiger partial charge in [0.25, 0.3) is 0 Å². The molecule has 0 radical (unpaired) electrons. The second kappa shape index (κ2) is 9.66. The van der Waals surface area contributed by atoms with E-state index in [0.717, 1.165) is 13.0 Å². The highest BCUT2D eigenvalue weighted by atomic mass is 35.5. The van der Waals surface area contributed by atoms with E-state index >= 15 is 0 Å². The Bertz CT molecular complexity index is 1080. The van der Waals surface area contributed by atoms with Gasteiger partial charge in [0.1, 0.15) is 0 Å². The first kappa shape index (κ1) is 22.8. The molecule has 0 aromatic heterocycles. The van der Waals surface area contributed by atoms with E-state index < -0.39 is 0 Å². The van der Waals surface area contributed by atoms with Gasteiger partial charge in [-0.25, -0.2) is 4.79 Å². The summed E-state index contributed by atoms with van der Waals surface area (Å²) in [5.74, 6) is 0.00935. The molecule has 3 aromatic carbocycles. The Morgan fingerprint density at radius 2 is 1.59 bits per heavy atom. The molecule has 3 atom stereocenters. The predicted octanol–water partition coefficient (Wildman–Crippen LogP) is 7.38. The van der Waals surface area contributed by atoms with Crippen molar-refractivity contribution in [3.8, 4) is 0 Å². The van der Waals surface area contributed by atoms with Crippen molar-refractivity contribution in [1.29, 1.82) is 0 Å². The highest BCUT2D eigenvalue weighted by molar-refractivity contribution is 6.34. The molecule has 0 N–H and O–H groups in total. The van der Waals surface area contributed by atoms with E-state index in [1.807, 2.05) is 36.4 Å². The Morgan fingerprint density at radius 1 is 0.969 bits per heavy atom. The standard InChI is InChI=1S/C27H27Cl2NO2/c1-17-4-6-20(7-5-17)26-14-23(22-12-24(28)15-25(29)13-22)16-30(26)18(2)19-8-10-21(11-9-19)27(31)32-3/h4-13,15,18,23,26H,14,16H2,1-3H3/t18?,23-,26-/m1/s1. The monoisotopic (exact) mass is 467 g/mol. The zero-order chi connectivity index (χ0) is 22.8. The van der Waals surface area contributed by atoms with Gasteiger partial charge in [-0.3, -0.25) is 4.90 Å². The molecule has 1 aliphatic rings. The predicted molar refractivity (Wildman–Crippen MR) is 131 cm³/mol. The Hall–Kier alpha value is -2.33. The lowest BCUT2D eigenvalue weighted by Crippen LogP contribution is -2.27. The van der Waals surface area contributed by atoms with E-state index in [9.17, 15) is 4.79 Å². The van der Waals surface area contributed by atoms with Crippen LogP contribution in [0.4, 0.5) is 0 Å². The quantitative estimate of drug-likeness (QED) is 0.366. The first-order valence-corrected chi connectivity index (χ1v) is 11.6. The number of methoxy groups -OCH3 is 1. The maximum Gasteiger partial charge on any atom is 0.337 e. The molecule has 32 heavy (non-hydrogen) atoms. The SMILES string of the molecule is COC(=O)c1ccc(C(C)N2C[C@H](c3cc(Cl)cc(Cl)c3)C[C@@H]2c2ccc(C)cc2)cc1. The molecule has 1 saturated heterocycles. The van der Waals surface area contributed by atoms with Crippen molar-refractivity contribution >= 4 is 29.2 Å². The third-order valence-electron chi connectivity index (χ3n) is 6.47.